The third kappa shape index (κ3) is 8.61. The fourth-order valence-electron chi connectivity index (χ4n) is 7.94. The molecule has 0 amide bonds. The van der Waals surface area contributed by atoms with Crippen molar-refractivity contribution in [1.29, 1.82) is 0 Å². The number of ether oxygens (including phenoxy) is 5. The van der Waals surface area contributed by atoms with E-state index in [2.05, 4.69) is 31.8 Å². The number of thiophene rings is 1. The van der Waals surface area contributed by atoms with Gasteiger partial charge in [0.15, 0.2) is 5.75 Å². The number of carboxylic acid groups (broad SMARTS) is 1. The number of aromatic nitrogens is 4. The van der Waals surface area contributed by atoms with Crippen LogP contribution >= 0.6 is 34.5 Å². The van der Waals surface area contributed by atoms with Crippen molar-refractivity contribution in [3.63, 3.8) is 0 Å². The van der Waals surface area contributed by atoms with E-state index in [1.54, 1.807) is 42.6 Å². The summed E-state index contributed by atoms with van der Waals surface area (Å²) in [7, 11) is 2.10. The molecule has 0 aliphatic carbocycles. The van der Waals surface area contributed by atoms with Gasteiger partial charge in [-0.1, -0.05) is 35.3 Å². The summed E-state index contributed by atoms with van der Waals surface area (Å²) in [5.41, 5.74) is 4.48. The summed E-state index contributed by atoms with van der Waals surface area (Å²) in [4.78, 5) is 37.3. The van der Waals surface area contributed by atoms with Crippen molar-refractivity contribution >= 4 is 50.7 Å². The molecule has 0 radical (unpaired) electrons. The number of hydrogen-bond acceptors (Lipinski definition) is 13. The standard InChI is InChI=1S/C45H43Cl2FN6O7S/c1-24-35-25(2)39(47)40(38(24)46)60-32(18-54-14-12-53(3)13-15-54)22-58-31-8-9-33(59-21-30-10-11-49-42(52-30)28-19-57-20-28)27(16-31)17-34(45(55)56)61-43-37-36(35)41(62-44(37)51-23-50-43)26-4-6-29(48)7-5-26/h4-11,16,23,28,32,34H,12-15,17-22H2,1-3H3,(H,55,56)/t32-,34-/m1/s1. The quantitative estimate of drug-likeness (QED) is 0.158. The number of rotatable bonds is 8. The van der Waals surface area contributed by atoms with Crippen LogP contribution in [0.25, 0.3) is 31.8 Å². The van der Waals surface area contributed by atoms with Gasteiger partial charge in [-0.05, 0) is 79.5 Å². The maximum Gasteiger partial charge on any atom is 0.345 e. The zero-order chi connectivity index (χ0) is 43.1. The van der Waals surface area contributed by atoms with Gasteiger partial charge in [-0.2, -0.15) is 0 Å². The molecule has 17 heteroatoms. The Morgan fingerprint density at radius 3 is 2.42 bits per heavy atom. The molecular weight excluding hydrogens is 859 g/mol. The van der Waals surface area contributed by atoms with Crippen molar-refractivity contribution < 1.29 is 38.0 Å². The summed E-state index contributed by atoms with van der Waals surface area (Å²) >= 11 is 15.9. The van der Waals surface area contributed by atoms with Crippen LogP contribution in [-0.2, 0) is 22.6 Å². The molecule has 0 saturated carbocycles. The van der Waals surface area contributed by atoms with Gasteiger partial charge < -0.3 is 33.7 Å². The highest BCUT2D eigenvalue weighted by Gasteiger charge is 2.32. The van der Waals surface area contributed by atoms with Crippen LogP contribution in [0.4, 0.5) is 4.39 Å². The van der Waals surface area contributed by atoms with Crippen LogP contribution in [0, 0.1) is 19.7 Å². The number of aliphatic carboxylic acids is 1. The molecule has 4 aliphatic heterocycles. The van der Waals surface area contributed by atoms with E-state index in [9.17, 15) is 14.3 Å². The molecule has 4 aliphatic rings. The highest BCUT2D eigenvalue weighted by Crippen LogP contribution is 2.53. The van der Waals surface area contributed by atoms with Crippen molar-refractivity contribution in [1.82, 2.24) is 29.7 Å². The van der Waals surface area contributed by atoms with Gasteiger partial charge in [0.2, 0.25) is 12.0 Å². The van der Waals surface area contributed by atoms with Gasteiger partial charge in [0.1, 0.15) is 53.6 Å². The molecule has 2 saturated heterocycles. The molecule has 6 aromatic rings. The van der Waals surface area contributed by atoms with Crippen molar-refractivity contribution in [2.75, 3.05) is 59.6 Å². The zero-order valence-electron chi connectivity index (χ0n) is 34.2. The van der Waals surface area contributed by atoms with Crippen LogP contribution in [-0.4, -0.2) is 113 Å². The molecule has 0 spiro atoms. The second-order valence-corrected chi connectivity index (χ2v) is 17.5. The van der Waals surface area contributed by atoms with Crippen LogP contribution in [0.2, 0.25) is 10.0 Å². The summed E-state index contributed by atoms with van der Waals surface area (Å²) in [6.45, 7) is 9.13. The number of hydrogen-bond donors (Lipinski definition) is 1. The molecule has 62 heavy (non-hydrogen) atoms. The van der Waals surface area contributed by atoms with E-state index in [-0.39, 0.29) is 31.4 Å². The Balaban J connectivity index is 1.18. The minimum absolute atomic E-state index is 0.0355. The van der Waals surface area contributed by atoms with E-state index in [0.29, 0.717) is 107 Å². The zero-order valence-corrected chi connectivity index (χ0v) is 36.5. The minimum Gasteiger partial charge on any atom is -0.490 e. The summed E-state index contributed by atoms with van der Waals surface area (Å²) in [6, 6.07) is 13.2. The molecule has 2 atom stereocenters. The first-order valence-electron chi connectivity index (χ1n) is 20.3. The fraction of sp³-hybridized carbons (Fsp3) is 0.356. The van der Waals surface area contributed by atoms with Gasteiger partial charge in [0, 0.05) is 61.3 Å². The summed E-state index contributed by atoms with van der Waals surface area (Å²) in [5, 5.41) is 11.9. The molecule has 7 heterocycles. The lowest BCUT2D eigenvalue weighted by atomic mass is 9.92. The number of piperazine rings is 1. The van der Waals surface area contributed by atoms with Crippen LogP contribution < -0.4 is 18.9 Å². The van der Waals surface area contributed by atoms with Crippen LogP contribution in [0.15, 0.2) is 61.1 Å². The fourth-order valence-corrected chi connectivity index (χ4v) is 9.60. The molecule has 322 valence electrons. The van der Waals surface area contributed by atoms with Gasteiger partial charge >= 0.3 is 5.97 Å². The monoisotopic (exact) mass is 900 g/mol. The molecule has 2 fully saturated rings. The van der Waals surface area contributed by atoms with Gasteiger partial charge in [-0.25, -0.2) is 29.1 Å². The third-order valence-electron chi connectivity index (χ3n) is 11.5. The number of carboxylic acids is 1. The van der Waals surface area contributed by atoms with Crippen molar-refractivity contribution in [3.05, 3.63) is 105 Å². The SMILES string of the molecule is Cc1c(Cl)c2c(Cl)c(C)c1-c1c(-c3ccc(F)cc3)sc3ncnc(c13)O[C@@H](C(=O)O)Cc1cc(ccc1OCc1ccnc(C3COC3)n1)OC[C@@H](CN1CCN(C)CC1)O2. The van der Waals surface area contributed by atoms with Crippen molar-refractivity contribution in [3.8, 4) is 44.7 Å². The third-order valence-corrected chi connectivity index (χ3v) is 13.5. The molecule has 3 aromatic heterocycles. The predicted molar refractivity (Wildman–Crippen MR) is 234 cm³/mol. The van der Waals surface area contributed by atoms with Crippen LogP contribution in [0.5, 0.6) is 23.1 Å². The first kappa shape index (κ1) is 42.2. The Morgan fingerprint density at radius 1 is 0.952 bits per heavy atom. The number of halogens is 3. The Labute approximate surface area is 371 Å². The molecule has 4 bridgehead atoms. The Kier molecular flexibility index (Phi) is 12.2. The smallest absolute Gasteiger partial charge is 0.345 e. The Bertz CT molecular complexity index is 2610. The van der Waals surface area contributed by atoms with Gasteiger partial charge in [0.25, 0.3) is 0 Å². The van der Waals surface area contributed by atoms with Crippen molar-refractivity contribution in [2.45, 2.75) is 45.0 Å². The topological polar surface area (TPSA) is 141 Å². The Hall–Kier alpha value is -5.16. The molecule has 3 aromatic carbocycles. The average Bonchev–Trinajstić information content (AvgIpc) is 3.63. The summed E-state index contributed by atoms with van der Waals surface area (Å²) in [6.07, 6.45) is 0.936. The molecule has 1 N–H and O–H groups in total. The predicted octanol–water partition coefficient (Wildman–Crippen LogP) is 8.03. The first-order chi connectivity index (χ1) is 30.0. The van der Waals surface area contributed by atoms with Crippen LogP contribution in [0.1, 0.15) is 34.1 Å². The van der Waals surface area contributed by atoms with E-state index >= 15 is 0 Å². The van der Waals surface area contributed by atoms with E-state index in [1.807, 2.05) is 13.8 Å². The normalized spacial score (nSPS) is 18.7. The maximum atomic E-state index is 14.3. The summed E-state index contributed by atoms with van der Waals surface area (Å²) in [5.74, 6) is 0.446. The molecule has 13 nitrogen and oxygen atoms in total. The van der Waals surface area contributed by atoms with E-state index in [4.69, 9.17) is 51.9 Å². The number of nitrogens with zero attached hydrogens (tertiary/aromatic N) is 6. The Morgan fingerprint density at radius 2 is 1.71 bits per heavy atom. The van der Waals surface area contributed by atoms with Crippen molar-refractivity contribution in [2.24, 2.45) is 0 Å². The van der Waals surface area contributed by atoms with E-state index in [0.717, 1.165) is 26.2 Å². The maximum absolute atomic E-state index is 14.3. The second-order valence-electron chi connectivity index (χ2n) is 15.8. The van der Waals surface area contributed by atoms with E-state index in [1.165, 1.54) is 29.8 Å². The largest absolute Gasteiger partial charge is 0.490 e. The lowest BCUT2D eigenvalue weighted by Gasteiger charge is -2.35. The second kappa shape index (κ2) is 17.9. The number of fused-ring (bicyclic) bond motifs is 7. The number of benzene rings is 3. The lowest BCUT2D eigenvalue weighted by Crippen LogP contribution is -2.49. The lowest BCUT2D eigenvalue weighted by molar-refractivity contribution is -0.145. The number of likely N-dealkylation sites (N-methyl/N-ethyl adjacent to an activating group) is 1. The van der Waals surface area contributed by atoms with E-state index < -0.39 is 24.0 Å². The van der Waals surface area contributed by atoms with Crippen LogP contribution in [0.3, 0.4) is 0 Å². The van der Waals surface area contributed by atoms with Gasteiger partial charge in [-0.15, -0.1) is 11.3 Å². The number of carbonyl (C=O) groups is 1. The highest BCUT2D eigenvalue weighted by molar-refractivity contribution is 7.22. The average molecular weight is 902 g/mol. The minimum atomic E-state index is -1.45. The molecular formula is C45H43Cl2FN6O7S. The van der Waals surface area contributed by atoms with Gasteiger partial charge in [0.05, 0.1) is 40.3 Å². The molecule has 10 rings (SSSR count). The molecule has 0 unspecified atom stereocenters. The van der Waals surface area contributed by atoms with Gasteiger partial charge in [-0.3, -0.25) is 4.90 Å². The summed E-state index contributed by atoms with van der Waals surface area (Å²) < 4.78 is 45.8. The highest BCUT2D eigenvalue weighted by atomic mass is 35.5. The first-order valence-corrected chi connectivity index (χ1v) is 21.8.